The number of rotatable bonds is 9. The number of nitrogens with one attached hydrogen (secondary N) is 2. The zero-order chi connectivity index (χ0) is 36.9. The number of esters is 1. The Morgan fingerprint density at radius 3 is 1.69 bits per heavy atom. The Morgan fingerprint density at radius 2 is 1.24 bits per heavy atom. The summed E-state index contributed by atoms with van der Waals surface area (Å²) in [6.07, 6.45) is -5.65. The first-order valence-electron chi connectivity index (χ1n) is 15.6. The summed E-state index contributed by atoms with van der Waals surface area (Å²) < 4.78 is 90.5. The number of ether oxygens (including phenoxy) is 3. The third kappa shape index (κ3) is 9.42. The molecule has 17 heteroatoms. The van der Waals surface area contributed by atoms with Crippen LogP contribution in [0.5, 0.6) is 11.5 Å². The van der Waals surface area contributed by atoms with Crippen molar-refractivity contribution in [2.45, 2.75) is 44.6 Å². The zero-order valence-electron chi connectivity index (χ0n) is 26.9. The largest absolute Gasteiger partial charge is 0.573 e. The Labute approximate surface area is 286 Å². The first-order chi connectivity index (χ1) is 24.1. The number of fused-ring (bicyclic) bond motifs is 2. The van der Waals surface area contributed by atoms with Crippen LogP contribution in [0.2, 0.25) is 0 Å². The van der Waals surface area contributed by atoms with Crippen LogP contribution in [-0.2, 0) is 9.53 Å². The zero-order valence-corrected chi connectivity index (χ0v) is 26.9. The van der Waals surface area contributed by atoms with Gasteiger partial charge in [0.15, 0.2) is 0 Å². The van der Waals surface area contributed by atoms with E-state index in [-0.39, 0.29) is 67.5 Å². The number of alkyl halides is 6. The molecule has 2 aromatic carbocycles. The van der Waals surface area contributed by atoms with Crippen molar-refractivity contribution in [2.24, 2.45) is 0 Å². The first-order valence-corrected chi connectivity index (χ1v) is 15.6. The minimum absolute atomic E-state index is 0.0254. The monoisotopic (exact) mass is 722 g/mol. The third-order valence-electron chi connectivity index (χ3n) is 7.92. The molecule has 0 radical (unpaired) electrons. The van der Waals surface area contributed by atoms with E-state index in [1.165, 1.54) is 36.4 Å². The summed E-state index contributed by atoms with van der Waals surface area (Å²) in [5, 5.41) is 14.6. The Kier molecular flexibility index (Phi) is 11.0. The lowest BCUT2D eigenvalue weighted by atomic mass is 10.1. The topological polar surface area (TPSA) is 133 Å². The number of carbonyl (C=O) groups excluding carboxylic acids is 3. The molecule has 0 aliphatic carbocycles. The summed E-state index contributed by atoms with van der Waals surface area (Å²) in [6.45, 7) is 2.60. The maximum atomic E-state index is 12.4. The molecule has 0 saturated carbocycles. The first kappa shape index (κ1) is 36.8. The Balaban J connectivity index is 0.000000199. The van der Waals surface area contributed by atoms with Gasteiger partial charge < -0.3 is 39.1 Å². The molecule has 0 saturated heterocycles. The Morgan fingerprint density at radius 1 is 0.765 bits per heavy atom. The van der Waals surface area contributed by atoms with E-state index < -0.39 is 12.7 Å². The lowest BCUT2D eigenvalue weighted by Gasteiger charge is -2.25. The van der Waals surface area contributed by atoms with Gasteiger partial charge in [-0.15, -0.1) is 26.3 Å². The van der Waals surface area contributed by atoms with Gasteiger partial charge in [-0.25, -0.2) is 0 Å². The van der Waals surface area contributed by atoms with Crippen LogP contribution in [0.3, 0.4) is 0 Å². The molecule has 2 unspecified atom stereocenters. The summed E-state index contributed by atoms with van der Waals surface area (Å²) in [5.41, 5.74) is 2.86. The second-order valence-electron chi connectivity index (χ2n) is 11.4. The fraction of sp³-hybridized carbons (Fsp3) is 0.324. The van der Waals surface area contributed by atoms with Crippen LogP contribution in [0.15, 0.2) is 73.1 Å². The third-order valence-corrected chi connectivity index (χ3v) is 7.92. The average molecular weight is 723 g/mol. The SMILES string of the molecule is CCOC(=O)CC1CNC(=O)c2cc(-c3cccc(OC(F)(F)F)c3)cn21.O=C1NCC(CCO)n2cc(-c3cccc(OC(F)(F)F)c3)cc21. The van der Waals surface area contributed by atoms with Gasteiger partial charge in [0.05, 0.1) is 25.1 Å². The highest BCUT2D eigenvalue weighted by molar-refractivity contribution is 5.96. The molecule has 4 heterocycles. The van der Waals surface area contributed by atoms with Gasteiger partial charge in [-0.3, -0.25) is 14.4 Å². The van der Waals surface area contributed by atoms with Crippen LogP contribution < -0.4 is 20.1 Å². The van der Waals surface area contributed by atoms with Crippen molar-refractivity contribution >= 4 is 17.8 Å². The van der Waals surface area contributed by atoms with Crippen molar-refractivity contribution in [1.82, 2.24) is 19.8 Å². The molecule has 3 N–H and O–H groups in total. The van der Waals surface area contributed by atoms with Gasteiger partial charge in [0, 0.05) is 43.2 Å². The van der Waals surface area contributed by atoms with E-state index in [0.29, 0.717) is 46.6 Å². The highest BCUT2D eigenvalue weighted by Crippen LogP contribution is 2.33. The standard InChI is InChI=1S/C18H17F3N2O4.C16H15F3N2O3/c1-2-26-16(24)8-13-9-22-17(25)15-7-12(10-23(13)15)11-4-3-5-14(6-11)27-18(19,20)21;17-16(18,19)24-13-3-1-2-10(6-13)11-7-14-15(23)20-8-12(4-5-22)21(14)9-11/h3-7,10,13H,2,8-9H2,1H3,(H,22,25);1-3,6-7,9,12,22H,4-5,8H2,(H,20,23). The number of carbonyl (C=O) groups is 3. The second-order valence-corrected chi connectivity index (χ2v) is 11.4. The summed E-state index contributed by atoms with van der Waals surface area (Å²) >= 11 is 0. The fourth-order valence-electron chi connectivity index (χ4n) is 5.76. The number of benzene rings is 2. The van der Waals surface area contributed by atoms with E-state index in [4.69, 9.17) is 9.84 Å². The molecule has 4 aromatic rings. The van der Waals surface area contributed by atoms with E-state index in [1.807, 2.05) is 0 Å². The molecule has 0 bridgehead atoms. The van der Waals surface area contributed by atoms with E-state index in [9.17, 15) is 40.7 Å². The predicted octanol–water partition coefficient (Wildman–Crippen LogP) is 6.01. The molecule has 0 spiro atoms. The lowest BCUT2D eigenvalue weighted by Crippen LogP contribution is -2.39. The molecule has 2 amide bonds. The maximum Gasteiger partial charge on any atom is 0.573 e. The van der Waals surface area contributed by atoms with Crippen LogP contribution in [0.1, 0.15) is 52.8 Å². The minimum atomic E-state index is -4.79. The highest BCUT2D eigenvalue weighted by atomic mass is 19.4. The lowest BCUT2D eigenvalue weighted by molar-refractivity contribution is -0.275. The normalized spacial score (nSPS) is 16.9. The second kappa shape index (κ2) is 15.2. The minimum Gasteiger partial charge on any atom is -0.466 e. The Bertz CT molecular complexity index is 1880. The van der Waals surface area contributed by atoms with Gasteiger partial charge in [0.25, 0.3) is 11.8 Å². The summed E-state index contributed by atoms with van der Waals surface area (Å²) in [4.78, 5) is 35.9. The quantitative estimate of drug-likeness (QED) is 0.142. The molecule has 2 atom stereocenters. The van der Waals surface area contributed by atoms with E-state index in [1.54, 1.807) is 52.7 Å². The molecular weight excluding hydrogens is 690 g/mol. The Hall–Kier alpha value is -5.45. The number of hydrogen-bond donors (Lipinski definition) is 3. The molecule has 0 fully saturated rings. The van der Waals surface area contributed by atoms with E-state index >= 15 is 0 Å². The number of amides is 2. The van der Waals surface area contributed by atoms with Gasteiger partial charge >= 0.3 is 18.7 Å². The molecule has 2 aromatic heterocycles. The molecule has 11 nitrogen and oxygen atoms in total. The molecule has 2 aliphatic rings. The predicted molar refractivity (Wildman–Crippen MR) is 169 cm³/mol. The van der Waals surface area contributed by atoms with E-state index in [2.05, 4.69) is 20.1 Å². The van der Waals surface area contributed by atoms with Gasteiger partial charge in [-0.1, -0.05) is 24.3 Å². The number of nitrogens with zero attached hydrogens (tertiary/aromatic N) is 2. The van der Waals surface area contributed by atoms with Crippen LogP contribution >= 0.6 is 0 Å². The van der Waals surface area contributed by atoms with Crippen molar-refractivity contribution in [3.05, 3.63) is 84.4 Å². The molecular formula is C34H32F6N4O7. The maximum absolute atomic E-state index is 12.4. The van der Waals surface area contributed by atoms with Crippen LogP contribution in [0, 0.1) is 0 Å². The number of aromatic nitrogens is 2. The van der Waals surface area contributed by atoms with Crippen LogP contribution in [-0.4, -0.2) is 71.1 Å². The molecule has 272 valence electrons. The number of aliphatic hydroxyl groups excluding tert-OH is 1. The van der Waals surface area contributed by atoms with Gasteiger partial charge in [-0.2, -0.15) is 0 Å². The molecule has 6 rings (SSSR count). The van der Waals surface area contributed by atoms with Gasteiger partial charge in [-0.05, 0) is 60.9 Å². The average Bonchev–Trinajstić information content (AvgIpc) is 3.71. The van der Waals surface area contributed by atoms with Crippen molar-refractivity contribution in [2.75, 3.05) is 26.3 Å². The summed E-state index contributed by atoms with van der Waals surface area (Å²) in [6, 6.07) is 13.8. The van der Waals surface area contributed by atoms with Crippen molar-refractivity contribution in [1.29, 1.82) is 0 Å². The van der Waals surface area contributed by atoms with Crippen molar-refractivity contribution in [3.8, 4) is 33.8 Å². The number of hydrogen-bond acceptors (Lipinski definition) is 7. The van der Waals surface area contributed by atoms with E-state index in [0.717, 1.165) is 0 Å². The van der Waals surface area contributed by atoms with Gasteiger partial charge in [0.1, 0.15) is 22.9 Å². The van der Waals surface area contributed by atoms with Crippen molar-refractivity contribution < 1.29 is 60.0 Å². The van der Waals surface area contributed by atoms with Crippen LogP contribution in [0.25, 0.3) is 22.3 Å². The smallest absolute Gasteiger partial charge is 0.466 e. The van der Waals surface area contributed by atoms with Gasteiger partial charge in [0.2, 0.25) is 0 Å². The number of halogens is 6. The van der Waals surface area contributed by atoms with Crippen molar-refractivity contribution in [3.63, 3.8) is 0 Å². The number of aliphatic hydroxyl groups is 1. The highest BCUT2D eigenvalue weighted by Gasteiger charge is 2.33. The fourth-order valence-corrected chi connectivity index (χ4v) is 5.76. The molecule has 2 aliphatic heterocycles. The molecule has 51 heavy (non-hydrogen) atoms. The summed E-state index contributed by atoms with van der Waals surface area (Å²) in [5.74, 6) is -1.63. The van der Waals surface area contributed by atoms with Crippen LogP contribution in [0.4, 0.5) is 26.3 Å². The summed E-state index contributed by atoms with van der Waals surface area (Å²) in [7, 11) is 0.